The molecule has 0 atom stereocenters. The van der Waals surface area contributed by atoms with Crippen molar-refractivity contribution in [2.75, 3.05) is 6.61 Å². The van der Waals surface area contributed by atoms with E-state index in [1.807, 2.05) is 68.4 Å². The molecular formula is C24H22N4O3S. The van der Waals surface area contributed by atoms with Crippen LogP contribution < -0.4 is 15.7 Å². The molecule has 1 amide bonds. The number of fused-ring (bicyclic) bond motifs is 1. The SMILES string of the molecule is CCOc1ccccc1/C=N/NC(=O)Cn1cnc2sc(C)c(-c3ccccc3)c2c1=O. The highest BCUT2D eigenvalue weighted by atomic mass is 32.1. The van der Waals surface area contributed by atoms with E-state index in [2.05, 4.69) is 15.5 Å². The summed E-state index contributed by atoms with van der Waals surface area (Å²) in [5.41, 5.74) is 4.78. The number of amides is 1. The smallest absolute Gasteiger partial charge is 0.263 e. The molecule has 4 aromatic rings. The van der Waals surface area contributed by atoms with Crippen LogP contribution in [0.1, 0.15) is 17.4 Å². The second-order valence-corrected chi connectivity index (χ2v) is 8.22. The second kappa shape index (κ2) is 9.57. The lowest BCUT2D eigenvalue weighted by molar-refractivity contribution is -0.121. The van der Waals surface area contributed by atoms with Gasteiger partial charge >= 0.3 is 0 Å². The van der Waals surface area contributed by atoms with E-state index in [0.717, 1.165) is 21.6 Å². The van der Waals surface area contributed by atoms with Crippen molar-refractivity contribution in [3.63, 3.8) is 0 Å². The molecule has 0 bridgehead atoms. The number of carbonyl (C=O) groups excluding carboxylic acids is 1. The molecule has 0 aliphatic rings. The summed E-state index contributed by atoms with van der Waals surface area (Å²) in [6.07, 6.45) is 2.92. The Balaban J connectivity index is 1.55. The molecule has 1 N–H and O–H groups in total. The molecule has 162 valence electrons. The Kier molecular flexibility index (Phi) is 6.42. The van der Waals surface area contributed by atoms with Crippen LogP contribution in [0.5, 0.6) is 5.75 Å². The Morgan fingerprint density at radius 1 is 1.19 bits per heavy atom. The van der Waals surface area contributed by atoms with Crippen LogP contribution in [0.15, 0.2) is 70.8 Å². The molecule has 4 rings (SSSR count). The monoisotopic (exact) mass is 446 g/mol. The minimum absolute atomic E-state index is 0.185. The van der Waals surface area contributed by atoms with Gasteiger partial charge in [0.15, 0.2) is 0 Å². The van der Waals surface area contributed by atoms with E-state index >= 15 is 0 Å². The van der Waals surface area contributed by atoms with Crippen molar-refractivity contribution in [3.05, 3.63) is 81.7 Å². The van der Waals surface area contributed by atoms with Crippen LogP contribution in [0.2, 0.25) is 0 Å². The minimum Gasteiger partial charge on any atom is -0.493 e. The van der Waals surface area contributed by atoms with E-state index in [1.54, 1.807) is 0 Å². The third-order valence-corrected chi connectivity index (χ3v) is 5.86. The number of para-hydroxylation sites is 1. The fraction of sp³-hybridized carbons (Fsp3) is 0.167. The van der Waals surface area contributed by atoms with Crippen molar-refractivity contribution in [3.8, 4) is 16.9 Å². The first-order chi connectivity index (χ1) is 15.6. The van der Waals surface area contributed by atoms with Gasteiger partial charge < -0.3 is 4.74 Å². The lowest BCUT2D eigenvalue weighted by Crippen LogP contribution is -2.30. The number of thiophene rings is 1. The average molecular weight is 447 g/mol. The number of hydrogen-bond acceptors (Lipinski definition) is 6. The highest BCUT2D eigenvalue weighted by molar-refractivity contribution is 7.19. The van der Waals surface area contributed by atoms with Gasteiger partial charge in [0.2, 0.25) is 0 Å². The molecule has 32 heavy (non-hydrogen) atoms. The third kappa shape index (κ3) is 4.45. The third-order valence-electron chi connectivity index (χ3n) is 4.84. The van der Waals surface area contributed by atoms with E-state index in [9.17, 15) is 9.59 Å². The Morgan fingerprint density at radius 3 is 2.72 bits per heavy atom. The minimum atomic E-state index is -0.424. The van der Waals surface area contributed by atoms with Crippen molar-refractivity contribution in [1.29, 1.82) is 0 Å². The Hall–Kier alpha value is -3.78. The number of ether oxygens (including phenoxy) is 1. The van der Waals surface area contributed by atoms with Crippen LogP contribution in [0.25, 0.3) is 21.3 Å². The molecule has 2 aromatic carbocycles. The fourth-order valence-corrected chi connectivity index (χ4v) is 4.44. The van der Waals surface area contributed by atoms with Gasteiger partial charge in [-0.2, -0.15) is 5.10 Å². The quantitative estimate of drug-likeness (QED) is 0.344. The molecule has 0 unspecified atom stereocenters. The standard InChI is InChI=1S/C24H22N4O3S/c1-3-31-19-12-8-7-11-18(19)13-26-27-20(29)14-28-15-25-23-22(24(28)30)21(16(2)32-23)17-9-5-4-6-10-17/h4-13,15H,3,14H2,1-2H3,(H,27,29)/b26-13+. The Bertz CT molecular complexity index is 1340. The molecule has 0 radical (unpaired) electrons. The van der Waals surface area contributed by atoms with Crippen LogP contribution in [-0.4, -0.2) is 28.3 Å². The van der Waals surface area contributed by atoms with Crippen molar-refractivity contribution >= 4 is 33.7 Å². The maximum Gasteiger partial charge on any atom is 0.263 e. The molecule has 0 aliphatic heterocycles. The summed E-state index contributed by atoms with van der Waals surface area (Å²) in [5.74, 6) is 0.256. The second-order valence-electron chi connectivity index (χ2n) is 7.02. The number of aromatic nitrogens is 2. The summed E-state index contributed by atoms with van der Waals surface area (Å²) in [7, 11) is 0. The van der Waals surface area contributed by atoms with Crippen LogP contribution in [0.4, 0.5) is 0 Å². The Morgan fingerprint density at radius 2 is 1.94 bits per heavy atom. The normalized spacial score (nSPS) is 11.2. The number of carbonyl (C=O) groups is 1. The van der Waals surface area contributed by atoms with E-state index in [-0.39, 0.29) is 12.1 Å². The largest absolute Gasteiger partial charge is 0.493 e. The van der Waals surface area contributed by atoms with Gasteiger partial charge in [0.1, 0.15) is 17.1 Å². The lowest BCUT2D eigenvalue weighted by atomic mass is 10.0. The summed E-state index contributed by atoms with van der Waals surface area (Å²) < 4.78 is 6.85. The molecular weight excluding hydrogens is 424 g/mol. The molecule has 2 heterocycles. The van der Waals surface area contributed by atoms with Gasteiger partial charge in [-0.25, -0.2) is 10.4 Å². The first-order valence-corrected chi connectivity index (χ1v) is 11.0. The first kappa shape index (κ1) is 21.5. The molecule has 8 heteroatoms. The van der Waals surface area contributed by atoms with E-state index in [4.69, 9.17) is 4.74 Å². The number of nitrogens with one attached hydrogen (secondary N) is 1. The van der Waals surface area contributed by atoms with Crippen LogP contribution in [-0.2, 0) is 11.3 Å². The number of aryl methyl sites for hydroxylation is 1. The highest BCUT2D eigenvalue weighted by Crippen LogP contribution is 2.35. The van der Waals surface area contributed by atoms with Crippen LogP contribution in [0.3, 0.4) is 0 Å². The molecule has 0 saturated carbocycles. The lowest BCUT2D eigenvalue weighted by Gasteiger charge is -2.07. The van der Waals surface area contributed by atoms with Crippen molar-refractivity contribution in [2.24, 2.45) is 5.10 Å². The summed E-state index contributed by atoms with van der Waals surface area (Å²) in [4.78, 5) is 31.7. The zero-order valence-corrected chi connectivity index (χ0v) is 18.6. The van der Waals surface area contributed by atoms with Crippen LogP contribution in [0, 0.1) is 6.92 Å². The molecule has 0 fully saturated rings. The summed E-state index contributed by atoms with van der Waals surface area (Å²) in [6.45, 7) is 4.22. The van der Waals surface area contributed by atoms with Crippen LogP contribution >= 0.6 is 11.3 Å². The van der Waals surface area contributed by atoms with E-state index < -0.39 is 5.91 Å². The number of rotatable bonds is 7. The number of nitrogens with zero attached hydrogens (tertiary/aromatic N) is 3. The highest BCUT2D eigenvalue weighted by Gasteiger charge is 2.17. The van der Waals surface area contributed by atoms with Gasteiger partial charge in [0.05, 0.1) is 24.5 Å². The van der Waals surface area contributed by atoms with Gasteiger partial charge in [-0.1, -0.05) is 42.5 Å². The maximum absolute atomic E-state index is 13.2. The van der Waals surface area contributed by atoms with E-state index in [1.165, 1.54) is 28.4 Å². The molecule has 0 saturated heterocycles. The number of hydrazone groups is 1. The zero-order chi connectivity index (χ0) is 22.5. The number of benzene rings is 2. The van der Waals surface area contributed by atoms with Gasteiger partial charge in [-0.3, -0.25) is 14.2 Å². The van der Waals surface area contributed by atoms with Crippen molar-refractivity contribution < 1.29 is 9.53 Å². The predicted octanol–water partition coefficient (Wildman–Crippen LogP) is 3.98. The number of hydrogen-bond donors (Lipinski definition) is 1. The summed E-state index contributed by atoms with van der Waals surface area (Å²) in [6, 6.07) is 17.1. The molecule has 0 spiro atoms. The van der Waals surface area contributed by atoms with E-state index in [0.29, 0.717) is 22.6 Å². The zero-order valence-electron chi connectivity index (χ0n) is 17.7. The molecule has 7 nitrogen and oxygen atoms in total. The molecule has 2 aromatic heterocycles. The van der Waals surface area contributed by atoms with Gasteiger partial charge in [0, 0.05) is 16.0 Å². The Labute approximate surface area is 189 Å². The first-order valence-electron chi connectivity index (χ1n) is 10.2. The summed E-state index contributed by atoms with van der Waals surface area (Å²) in [5, 5.41) is 4.53. The van der Waals surface area contributed by atoms with Gasteiger partial charge in [-0.05, 0) is 31.5 Å². The molecule has 0 aliphatic carbocycles. The summed E-state index contributed by atoms with van der Waals surface area (Å²) >= 11 is 1.47. The van der Waals surface area contributed by atoms with Gasteiger partial charge in [0.25, 0.3) is 11.5 Å². The topological polar surface area (TPSA) is 85.6 Å². The van der Waals surface area contributed by atoms with Crippen molar-refractivity contribution in [1.82, 2.24) is 15.0 Å². The van der Waals surface area contributed by atoms with Gasteiger partial charge in [-0.15, -0.1) is 11.3 Å². The predicted molar refractivity (Wildman–Crippen MR) is 127 cm³/mol. The maximum atomic E-state index is 13.2. The average Bonchev–Trinajstić information content (AvgIpc) is 3.14. The fourth-order valence-electron chi connectivity index (χ4n) is 3.44. The van der Waals surface area contributed by atoms with Crippen molar-refractivity contribution in [2.45, 2.75) is 20.4 Å².